The lowest BCUT2D eigenvalue weighted by Crippen LogP contribution is -2.28. The van der Waals surface area contributed by atoms with E-state index in [1.165, 1.54) is 6.92 Å². The first-order valence-electron chi connectivity index (χ1n) is 4.89. The van der Waals surface area contributed by atoms with Crippen molar-refractivity contribution in [2.24, 2.45) is 0 Å². The van der Waals surface area contributed by atoms with Gasteiger partial charge in [0.15, 0.2) is 6.61 Å². The van der Waals surface area contributed by atoms with Gasteiger partial charge in [0.05, 0.1) is 12.2 Å². The molecule has 16 heavy (non-hydrogen) atoms. The van der Waals surface area contributed by atoms with Crippen LogP contribution in [-0.2, 0) is 20.9 Å². The molecule has 0 bridgehead atoms. The van der Waals surface area contributed by atoms with Gasteiger partial charge in [-0.05, 0) is 18.6 Å². The zero-order chi connectivity index (χ0) is 12.0. The van der Waals surface area contributed by atoms with Crippen molar-refractivity contribution in [3.63, 3.8) is 0 Å². The van der Waals surface area contributed by atoms with Crippen LogP contribution in [0.25, 0.3) is 0 Å². The van der Waals surface area contributed by atoms with Crippen molar-refractivity contribution >= 4 is 11.9 Å². The van der Waals surface area contributed by atoms with E-state index in [1.807, 2.05) is 19.1 Å². The van der Waals surface area contributed by atoms with Crippen molar-refractivity contribution in [1.29, 1.82) is 0 Å². The molecular formula is C11H14N2O3. The van der Waals surface area contributed by atoms with Crippen molar-refractivity contribution < 1.29 is 14.3 Å². The summed E-state index contributed by atoms with van der Waals surface area (Å²) in [6, 6.07) is 3.75. The van der Waals surface area contributed by atoms with Crippen molar-refractivity contribution in [3.05, 3.63) is 29.6 Å². The van der Waals surface area contributed by atoms with Crippen molar-refractivity contribution in [2.45, 2.75) is 20.4 Å². The van der Waals surface area contributed by atoms with Gasteiger partial charge < -0.3 is 10.1 Å². The van der Waals surface area contributed by atoms with E-state index < -0.39 is 5.97 Å². The Bertz CT molecular complexity index is 373. The largest absolute Gasteiger partial charge is 0.456 e. The van der Waals surface area contributed by atoms with E-state index in [0.29, 0.717) is 6.54 Å². The lowest BCUT2D eigenvalue weighted by atomic mass is 10.3. The van der Waals surface area contributed by atoms with Gasteiger partial charge in [-0.2, -0.15) is 0 Å². The molecule has 1 N–H and O–H groups in total. The van der Waals surface area contributed by atoms with Gasteiger partial charge in [0.2, 0.25) is 0 Å². The van der Waals surface area contributed by atoms with E-state index in [9.17, 15) is 9.59 Å². The average Bonchev–Trinajstić information content (AvgIpc) is 2.25. The molecule has 1 aromatic heterocycles. The quantitative estimate of drug-likeness (QED) is 0.756. The first-order valence-corrected chi connectivity index (χ1v) is 4.89. The number of aromatic nitrogens is 1. The molecule has 1 aromatic rings. The van der Waals surface area contributed by atoms with Crippen molar-refractivity contribution in [1.82, 2.24) is 10.3 Å². The Morgan fingerprint density at radius 1 is 1.44 bits per heavy atom. The number of pyridine rings is 1. The van der Waals surface area contributed by atoms with Crippen molar-refractivity contribution in [2.75, 3.05) is 6.61 Å². The van der Waals surface area contributed by atoms with Gasteiger partial charge in [0, 0.05) is 13.1 Å². The standard InChI is InChI=1S/C11H14N2O3/c1-8-3-4-10(12-5-8)6-13-11(15)7-16-9(2)14/h3-5H,6-7H2,1-2H3,(H,13,15). The van der Waals surface area contributed by atoms with Crippen LogP contribution in [0, 0.1) is 6.92 Å². The SMILES string of the molecule is CC(=O)OCC(=O)NCc1ccc(C)cn1. The molecule has 0 fully saturated rings. The fourth-order valence-electron chi connectivity index (χ4n) is 1.01. The highest BCUT2D eigenvalue weighted by Crippen LogP contribution is 1.97. The number of esters is 1. The maximum absolute atomic E-state index is 11.2. The van der Waals surface area contributed by atoms with Crippen LogP contribution in [0.15, 0.2) is 18.3 Å². The summed E-state index contributed by atoms with van der Waals surface area (Å²) in [6.45, 7) is 3.28. The Hall–Kier alpha value is -1.91. The summed E-state index contributed by atoms with van der Waals surface area (Å²) in [7, 11) is 0. The Morgan fingerprint density at radius 2 is 2.19 bits per heavy atom. The number of hydrogen-bond acceptors (Lipinski definition) is 4. The monoisotopic (exact) mass is 222 g/mol. The van der Waals surface area contributed by atoms with Crippen LogP contribution in [0.2, 0.25) is 0 Å². The second-order valence-corrected chi connectivity index (χ2v) is 3.38. The normalized spacial score (nSPS) is 9.62. The van der Waals surface area contributed by atoms with E-state index in [2.05, 4.69) is 15.0 Å². The van der Waals surface area contributed by atoms with E-state index in [4.69, 9.17) is 0 Å². The Morgan fingerprint density at radius 3 is 2.75 bits per heavy atom. The molecule has 0 aromatic carbocycles. The molecule has 5 nitrogen and oxygen atoms in total. The summed E-state index contributed by atoms with van der Waals surface area (Å²) in [5.41, 5.74) is 1.83. The lowest BCUT2D eigenvalue weighted by molar-refractivity contribution is -0.146. The fraction of sp³-hybridized carbons (Fsp3) is 0.364. The summed E-state index contributed by atoms with van der Waals surface area (Å²) in [5.74, 6) is -0.804. The number of ether oxygens (including phenoxy) is 1. The molecule has 0 unspecified atom stereocenters. The van der Waals surface area contributed by atoms with Gasteiger partial charge in [-0.3, -0.25) is 14.6 Å². The van der Waals surface area contributed by atoms with Crippen LogP contribution in [0.5, 0.6) is 0 Å². The number of nitrogens with one attached hydrogen (secondary N) is 1. The Labute approximate surface area is 93.8 Å². The number of carbonyl (C=O) groups excluding carboxylic acids is 2. The minimum Gasteiger partial charge on any atom is -0.456 e. The second kappa shape index (κ2) is 5.85. The highest BCUT2D eigenvalue weighted by atomic mass is 16.5. The summed E-state index contributed by atoms with van der Waals surface area (Å²) in [4.78, 5) is 25.7. The number of hydrogen-bond donors (Lipinski definition) is 1. The second-order valence-electron chi connectivity index (χ2n) is 3.38. The molecule has 0 saturated carbocycles. The van der Waals surface area contributed by atoms with Gasteiger partial charge in [0.25, 0.3) is 5.91 Å². The minimum absolute atomic E-state index is 0.249. The van der Waals surface area contributed by atoms with Crippen LogP contribution >= 0.6 is 0 Å². The molecule has 0 atom stereocenters. The molecule has 0 aliphatic heterocycles. The fourth-order valence-corrected chi connectivity index (χ4v) is 1.01. The van der Waals surface area contributed by atoms with Crippen LogP contribution in [0.1, 0.15) is 18.2 Å². The van der Waals surface area contributed by atoms with Gasteiger partial charge in [-0.15, -0.1) is 0 Å². The average molecular weight is 222 g/mol. The molecule has 1 amide bonds. The number of nitrogens with zero attached hydrogens (tertiary/aromatic N) is 1. The highest BCUT2D eigenvalue weighted by Gasteiger charge is 2.03. The van der Waals surface area contributed by atoms with Crippen LogP contribution in [0.3, 0.4) is 0 Å². The summed E-state index contributed by atoms with van der Waals surface area (Å²) in [6.07, 6.45) is 1.73. The van der Waals surface area contributed by atoms with Gasteiger partial charge >= 0.3 is 5.97 Å². The Kier molecular flexibility index (Phi) is 4.44. The smallest absolute Gasteiger partial charge is 0.303 e. The molecule has 0 spiro atoms. The number of carbonyl (C=O) groups is 2. The Balaban J connectivity index is 2.31. The van der Waals surface area contributed by atoms with Gasteiger partial charge in [-0.25, -0.2) is 0 Å². The predicted molar refractivity (Wildman–Crippen MR) is 57.5 cm³/mol. The number of aryl methyl sites for hydroxylation is 1. The van der Waals surface area contributed by atoms with Crippen LogP contribution in [0.4, 0.5) is 0 Å². The van der Waals surface area contributed by atoms with Crippen molar-refractivity contribution in [3.8, 4) is 0 Å². The summed E-state index contributed by atoms with van der Waals surface area (Å²) in [5, 5.41) is 2.60. The molecule has 86 valence electrons. The molecule has 0 aliphatic rings. The van der Waals surface area contributed by atoms with Gasteiger partial charge in [0.1, 0.15) is 0 Å². The molecule has 1 heterocycles. The van der Waals surface area contributed by atoms with E-state index in [1.54, 1.807) is 6.20 Å². The van der Waals surface area contributed by atoms with E-state index in [-0.39, 0.29) is 12.5 Å². The third kappa shape index (κ3) is 4.54. The first kappa shape index (κ1) is 12.2. The lowest BCUT2D eigenvalue weighted by Gasteiger charge is -2.04. The van der Waals surface area contributed by atoms with Crippen LogP contribution in [-0.4, -0.2) is 23.5 Å². The third-order valence-electron chi connectivity index (χ3n) is 1.85. The number of rotatable bonds is 4. The van der Waals surface area contributed by atoms with Crippen LogP contribution < -0.4 is 5.32 Å². The van der Waals surface area contributed by atoms with E-state index in [0.717, 1.165) is 11.3 Å². The highest BCUT2D eigenvalue weighted by molar-refractivity contribution is 5.79. The zero-order valence-electron chi connectivity index (χ0n) is 9.32. The maximum Gasteiger partial charge on any atom is 0.303 e. The molecular weight excluding hydrogens is 208 g/mol. The summed E-state index contributed by atoms with van der Waals surface area (Å²) >= 11 is 0. The molecule has 0 aliphatic carbocycles. The molecule has 0 radical (unpaired) electrons. The molecule has 5 heteroatoms. The minimum atomic E-state index is -0.469. The predicted octanol–water partition coefficient (Wildman–Crippen LogP) is 0.569. The number of amides is 1. The summed E-state index contributed by atoms with van der Waals surface area (Å²) < 4.78 is 4.54. The molecule has 1 rings (SSSR count). The maximum atomic E-state index is 11.2. The third-order valence-corrected chi connectivity index (χ3v) is 1.85. The van der Waals surface area contributed by atoms with E-state index >= 15 is 0 Å². The molecule has 0 saturated heterocycles. The van der Waals surface area contributed by atoms with Gasteiger partial charge in [-0.1, -0.05) is 6.07 Å². The topological polar surface area (TPSA) is 68.3 Å². The zero-order valence-corrected chi connectivity index (χ0v) is 9.32. The first-order chi connectivity index (χ1) is 7.58.